The number of nitrogens with one attached hydrogen (secondary N) is 1. The fourth-order valence-electron chi connectivity index (χ4n) is 2.29. The summed E-state index contributed by atoms with van der Waals surface area (Å²) in [7, 11) is 0. The Kier molecular flexibility index (Phi) is 6.63. The van der Waals surface area contributed by atoms with Crippen molar-refractivity contribution < 1.29 is 4.79 Å². The molecular formula is C14H20Cl2N2O. The maximum absolute atomic E-state index is 12.0. The van der Waals surface area contributed by atoms with Gasteiger partial charge in [0.05, 0.1) is 17.3 Å². The number of benzene rings is 1. The summed E-state index contributed by atoms with van der Waals surface area (Å²) in [5.74, 6) is 0.0214. The van der Waals surface area contributed by atoms with Crippen LogP contribution in [0.25, 0.3) is 0 Å². The van der Waals surface area contributed by atoms with Crippen LogP contribution in [-0.4, -0.2) is 30.4 Å². The van der Waals surface area contributed by atoms with Crippen LogP contribution >= 0.6 is 24.0 Å². The Labute approximate surface area is 125 Å². The maximum atomic E-state index is 12.0. The van der Waals surface area contributed by atoms with Gasteiger partial charge in [-0.25, -0.2) is 0 Å². The summed E-state index contributed by atoms with van der Waals surface area (Å²) in [6, 6.07) is 5.63. The summed E-state index contributed by atoms with van der Waals surface area (Å²) in [6.45, 7) is 4.46. The molecule has 1 N–H and O–H groups in total. The average Bonchev–Trinajstić information content (AvgIpc) is 2.35. The lowest BCUT2D eigenvalue weighted by atomic mass is 10.1. The lowest BCUT2D eigenvalue weighted by Gasteiger charge is -2.25. The van der Waals surface area contributed by atoms with E-state index in [-0.39, 0.29) is 18.3 Å². The third kappa shape index (κ3) is 4.68. The predicted octanol–water partition coefficient (Wildman–Crippen LogP) is 3.49. The van der Waals surface area contributed by atoms with Gasteiger partial charge in [0.1, 0.15) is 0 Å². The molecule has 1 aromatic rings. The molecular weight excluding hydrogens is 283 g/mol. The summed E-state index contributed by atoms with van der Waals surface area (Å²) >= 11 is 6.09. The highest BCUT2D eigenvalue weighted by molar-refractivity contribution is 6.33. The summed E-state index contributed by atoms with van der Waals surface area (Å²) in [4.78, 5) is 14.2. The lowest BCUT2D eigenvalue weighted by Crippen LogP contribution is -2.36. The number of carbonyl (C=O) groups excluding carboxylic acids is 1. The molecule has 1 aromatic carbocycles. The SMILES string of the molecule is Cc1cccc(Cl)c1NC(=O)CN1CCCCC1.Cl. The minimum atomic E-state index is 0. The van der Waals surface area contributed by atoms with Gasteiger partial charge < -0.3 is 5.32 Å². The number of hydrogen-bond acceptors (Lipinski definition) is 2. The van der Waals surface area contributed by atoms with Crippen LogP contribution < -0.4 is 5.32 Å². The molecule has 0 bridgehead atoms. The van der Waals surface area contributed by atoms with Gasteiger partial charge in [0.2, 0.25) is 5.91 Å². The number of halogens is 2. The van der Waals surface area contributed by atoms with Crippen LogP contribution in [0.15, 0.2) is 18.2 Å². The highest BCUT2D eigenvalue weighted by atomic mass is 35.5. The first-order chi connectivity index (χ1) is 8.66. The summed E-state index contributed by atoms with van der Waals surface area (Å²) < 4.78 is 0. The van der Waals surface area contributed by atoms with E-state index >= 15 is 0 Å². The lowest BCUT2D eigenvalue weighted by molar-refractivity contribution is -0.117. The number of aryl methyl sites for hydroxylation is 1. The van der Waals surface area contributed by atoms with Gasteiger partial charge >= 0.3 is 0 Å². The number of anilines is 1. The Morgan fingerprint density at radius 1 is 1.32 bits per heavy atom. The molecule has 0 aliphatic carbocycles. The molecule has 3 nitrogen and oxygen atoms in total. The Morgan fingerprint density at radius 2 is 2.00 bits per heavy atom. The molecule has 1 heterocycles. The normalized spacial score (nSPS) is 15.7. The van der Waals surface area contributed by atoms with Crippen molar-refractivity contribution in [2.45, 2.75) is 26.2 Å². The van der Waals surface area contributed by atoms with Crippen LogP contribution in [0.5, 0.6) is 0 Å². The molecule has 1 aliphatic rings. The number of rotatable bonds is 3. The summed E-state index contributed by atoms with van der Waals surface area (Å²) in [5, 5.41) is 3.51. The molecule has 1 saturated heterocycles. The fraction of sp³-hybridized carbons (Fsp3) is 0.500. The predicted molar refractivity (Wildman–Crippen MR) is 82.4 cm³/mol. The van der Waals surface area contributed by atoms with Crippen molar-refractivity contribution in [3.63, 3.8) is 0 Å². The number of hydrogen-bond donors (Lipinski definition) is 1. The largest absolute Gasteiger partial charge is 0.323 e. The van der Waals surface area contributed by atoms with E-state index in [0.717, 1.165) is 24.3 Å². The van der Waals surface area contributed by atoms with Crippen molar-refractivity contribution in [3.8, 4) is 0 Å². The van der Waals surface area contributed by atoms with Crippen LogP contribution in [0.3, 0.4) is 0 Å². The van der Waals surface area contributed by atoms with Gasteiger partial charge in [0, 0.05) is 0 Å². The molecule has 5 heteroatoms. The Morgan fingerprint density at radius 3 is 2.63 bits per heavy atom. The van der Waals surface area contributed by atoms with E-state index < -0.39 is 0 Å². The number of para-hydroxylation sites is 1. The number of carbonyl (C=O) groups is 1. The second-order valence-corrected chi connectivity index (χ2v) is 5.22. The van der Waals surface area contributed by atoms with Crippen LogP contribution in [0.2, 0.25) is 5.02 Å². The average molecular weight is 303 g/mol. The van der Waals surface area contributed by atoms with Crippen LogP contribution in [0, 0.1) is 6.92 Å². The quantitative estimate of drug-likeness (QED) is 0.927. The molecule has 2 rings (SSSR count). The Balaban J connectivity index is 0.00000180. The first-order valence-corrected chi connectivity index (χ1v) is 6.82. The second-order valence-electron chi connectivity index (χ2n) is 4.82. The van der Waals surface area contributed by atoms with Gasteiger partial charge in [-0.05, 0) is 44.5 Å². The van der Waals surface area contributed by atoms with E-state index in [1.54, 1.807) is 6.07 Å². The van der Waals surface area contributed by atoms with Crippen LogP contribution in [0.4, 0.5) is 5.69 Å². The summed E-state index contributed by atoms with van der Waals surface area (Å²) in [5.41, 5.74) is 1.73. The minimum Gasteiger partial charge on any atom is -0.323 e. The molecule has 1 aliphatic heterocycles. The molecule has 106 valence electrons. The topological polar surface area (TPSA) is 32.3 Å². The highest BCUT2D eigenvalue weighted by Crippen LogP contribution is 2.25. The van der Waals surface area contributed by atoms with E-state index in [1.807, 2.05) is 19.1 Å². The molecule has 1 fully saturated rings. The number of likely N-dealkylation sites (tertiary alicyclic amines) is 1. The number of nitrogens with zero attached hydrogens (tertiary/aromatic N) is 1. The van der Waals surface area contributed by atoms with E-state index in [9.17, 15) is 4.79 Å². The molecule has 0 atom stereocenters. The second kappa shape index (κ2) is 7.73. The van der Waals surface area contributed by atoms with Gasteiger partial charge in [-0.1, -0.05) is 30.2 Å². The van der Waals surface area contributed by atoms with Crippen LogP contribution in [-0.2, 0) is 4.79 Å². The van der Waals surface area contributed by atoms with E-state index in [2.05, 4.69) is 10.2 Å². The number of amides is 1. The fourth-order valence-corrected chi connectivity index (χ4v) is 2.56. The Bertz CT molecular complexity index is 411. The highest BCUT2D eigenvalue weighted by Gasteiger charge is 2.15. The van der Waals surface area contributed by atoms with Gasteiger partial charge in [0.15, 0.2) is 0 Å². The molecule has 19 heavy (non-hydrogen) atoms. The van der Waals surface area contributed by atoms with Gasteiger partial charge in [-0.2, -0.15) is 0 Å². The van der Waals surface area contributed by atoms with E-state index in [0.29, 0.717) is 11.6 Å². The van der Waals surface area contributed by atoms with E-state index in [4.69, 9.17) is 11.6 Å². The van der Waals surface area contributed by atoms with E-state index in [1.165, 1.54) is 19.3 Å². The molecule has 0 saturated carbocycles. The smallest absolute Gasteiger partial charge is 0.238 e. The van der Waals surface area contributed by atoms with Gasteiger partial charge in [0.25, 0.3) is 0 Å². The van der Waals surface area contributed by atoms with Crippen molar-refractivity contribution in [1.82, 2.24) is 4.90 Å². The zero-order valence-corrected chi connectivity index (χ0v) is 12.7. The first kappa shape index (κ1) is 16.3. The van der Waals surface area contributed by atoms with Crippen molar-refractivity contribution in [2.24, 2.45) is 0 Å². The van der Waals surface area contributed by atoms with Crippen LogP contribution in [0.1, 0.15) is 24.8 Å². The monoisotopic (exact) mass is 302 g/mol. The molecule has 0 unspecified atom stereocenters. The molecule has 1 amide bonds. The standard InChI is InChI=1S/C14H19ClN2O.ClH/c1-11-6-5-7-12(15)14(11)16-13(18)10-17-8-3-2-4-9-17;/h5-7H,2-4,8-10H2,1H3,(H,16,18);1H. The third-order valence-corrected chi connectivity index (χ3v) is 3.62. The van der Waals surface area contributed by atoms with Crippen molar-refractivity contribution in [3.05, 3.63) is 28.8 Å². The molecule has 0 aromatic heterocycles. The third-order valence-electron chi connectivity index (χ3n) is 3.30. The molecule has 0 spiro atoms. The van der Waals surface area contributed by atoms with Crippen molar-refractivity contribution >= 4 is 35.6 Å². The molecule has 0 radical (unpaired) electrons. The van der Waals surface area contributed by atoms with Crippen molar-refractivity contribution in [2.75, 3.05) is 25.0 Å². The zero-order valence-electron chi connectivity index (χ0n) is 11.1. The minimum absolute atomic E-state index is 0. The van der Waals surface area contributed by atoms with Gasteiger partial charge in [-0.3, -0.25) is 9.69 Å². The Hall–Kier alpha value is -0.770. The maximum Gasteiger partial charge on any atom is 0.238 e. The zero-order chi connectivity index (χ0) is 13.0. The van der Waals surface area contributed by atoms with Crippen molar-refractivity contribution in [1.29, 1.82) is 0 Å². The summed E-state index contributed by atoms with van der Waals surface area (Å²) in [6.07, 6.45) is 3.67. The number of piperidine rings is 1. The van der Waals surface area contributed by atoms with Gasteiger partial charge in [-0.15, -0.1) is 12.4 Å². The first-order valence-electron chi connectivity index (χ1n) is 6.44.